The van der Waals surface area contributed by atoms with E-state index in [9.17, 15) is 17.2 Å². The first-order chi connectivity index (χ1) is 9.85. The molecule has 4 nitrogen and oxygen atoms in total. The van der Waals surface area contributed by atoms with Gasteiger partial charge in [0.05, 0.1) is 7.11 Å². The maximum atomic E-state index is 13.6. The maximum Gasteiger partial charge on any atom is 0.265 e. The summed E-state index contributed by atoms with van der Waals surface area (Å²) in [5.41, 5.74) is -0.0498. The SMILES string of the molecule is COc1ccc(C)cc1S(=O)(=O)Nc1c(F)cccc1F. The molecule has 0 fully saturated rings. The number of halogens is 2. The number of hydrogen-bond acceptors (Lipinski definition) is 3. The molecule has 21 heavy (non-hydrogen) atoms. The fraction of sp³-hybridized carbons (Fsp3) is 0.143. The Morgan fingerprint density at radius 1 is 1.10 bits per heavy atom. The molecule has 1 N–H and O–H groups in total. The van der Waals surface area contributed by atoms with Crippen molar-refractivity contribution in [3.05, 3.63) is 53.6 Å². The normalized spacial score (nSPS) is 11.2. The van der Waals surface area contributed by atoms with Gasteiger partial charge in [0, 0.05) is 0 Å². The average molecular weight is 313 g/mol. The van der Waals surface area contributed by atoms with E-state index in [4.69, 9.17) is 4.74 Å². The number of para-hydroxylation sites is 1. The van der Waals surface area contributed by atoms with Crippen molar-refractivity contribution < 1.29 is 21.9 Å². The van der Waals surface area contributed by atoms with E-state index < -0.39 is 27.3 Å². The Hall–Kier alpha value is -2.15. The highest BCUT2D eigenvalue weighted by Crippen LogP contribution is 2.28. The van der Waals surface area contributed by atoms with Crippen molar-refractivity contribution in [1.29, 1.82) is 0 Å². The van der Waals surface area contributed by atoms with Crippen LogP contribution in [0, 0.1) is 18.6 Å². The summed E-state index contributed by atoms with van der Waals surface area (Å²) < 4.78 is 58.6. The second-order valence-electron chi connectivity index (χ2n) is 4.36. The molecule has 2 rings (SSSR count). The molecule has 7 heteroatoms. The third-order valence-electron chi connectivity index (χ3n) is 2.81. The summed E-state index contributed by atoms with van der Waals surface area (Å²) in [6, 6.07) is 7.58. The van der Waals surface area contributed by atoms with Gasteiger partial charge in [-0.15, -0.1) is 0 Å². The van der Waals surface area contributed by atoms with E-state index in [0.717, 1.165) is 18.2 Å². The lowest BCUT2D eigenvalue weighted by Gasteiger charge is -2.13. The van der Waals surface area contributed by atoms with E-state index in [1.165, 1.54) is 19.2 Å². The number of hydrogen-bond donors (Lipinski definition) is 1. The lowest BCUT2D eigenvalue weighted by molar-refractivity contribution is 0.402. The molecule has 0 saturated carbocycles. The topological polar surface area (TPSA) is 55.4 Å². The third-order valence-corrected chi connectivity index (χ3v) is 4.18. The minimum atomic E-state index is -4.18. The first kappa shape index (κ1) is 15.2. The number of benzene rings is 2. The van der Waals surface area contributed by atoms with Gasteiger partial charge in [0.25, 0.3) is 10.0 Å². The van der Waals surface area contributed by atoms with Crippen LogP contribution in [0.25, 0.3) is 0 Å². The highest BCUT2D eigenvalue weighted by Gasteiger charge is 2.22. The van der Waals surface area contributed by atoms with Crippen LogP contribution in [-0.4, -0.2) is 15.5 Å². The molecule has 0 bridgehead atoms. The standard InChI is InChI=1S/C14H13F2NO3S/c1-9-6-7-12(20-2)13(8-9)21(18,19)17-14-10(15)4-3-5-11(14)16/h3-8,17H,1-2H3. The first-order valence-electron chi connectivity index (χ1n) is 5.96. The van der Waals surface area contributed by atoms with E-state index in [1.54, 1.807) is 13.0 Å². The van der Waals surface area contributed by atoms with Crippen LogP contribution >= 0.6 is 0 Å². The number of rotatable bonds is 4. The average Bonchev–Trinajstić information content (AvgIpc) is 2.43. The van der Waals surface area contributed by atoms with Crippen molar-refractivity contribution in [3.8, 4) is 5.75 Å². The van der Waals surface area contributed by atoms with Gasteiger partial charge in [0.15, 0.2) is 0 Å². The van der Waals surface area contributed by atoms with Crippen LogP contribution in [0.5, 0.6) is 5.75 Å². The molecular formula is C14H13F2NO3S. The van der Waals surface area contributed by atoms with Gasteiger partial charge in [-0.3, -0.25) is 4.72 Å². The molecule has 0 aliphatic rings. The first-order valence-corrected chi connectivity index (χ1v) is 7.45. The fourth-order valence-electron chi connectivity index (χ4n) is 1.78. The monoisotopic (exact) mass is 313 g/mol. The summed E-state index contributed by atoms with van der Waals surface area (Å²) in [7, 11) is -2.87. The van der Waals surface area contributed by atoms with Gasteiger partial charge in [-0.05, 0) is 36.8 Å². The van der Waals surface area contributed by atoms with Crippen LogP contribution < -0.4 is 9.46 Å². The number of nitrogens with one attached hydrogen (secondary N) is 1. The molecule has 0 aliphatic heterocycles. The van der Waals surface area contributed by atoms with E-state index in [1.807, 2.05) is 4.72 Å². The Balaban J connectivity index is 2.51. The summed E-state index contributed by atoms with van der Waals surface area (Å²) in [6.07, 6.45) is 0. The molecule has 0 spiro atoms. The minimum Gasteiger partial charge on any atom is -0.495 e. The molecule has 0 amide bonds. The molecule has 112 valence electrons. The summed E-state index contributed by atoms with van der Waals surface area (Å²) in [5.74, 6) is -1.90. The predicted molar refractivity (Wildman–Crippen MR) is 74.9 cm³/mol. The Labute approximate surface area is 121 Å². The summed E-state index contributed by atoms with van der Waals surface area (Å²) in [4.78, 5) is -0.187. The molecule has 2 aromatic carbocycles. The van der Waals surface area contributed by atoms with Gasteiger partial charge in [-0.2, -0.15) is 0 Å². The zero-order valence-corrected chi connectivity index (χ0v) is 12.2. The molecule has 2 aromatic rings. The van der Waals surface area contributed by atoms with Crippen LogP contribution in [0.2, 0.25) is 0 Å². The van der Waals surface area contributed by atoms with Crippen LogP contribution in [0.1, 0.15) is 5.56 Å². The number of aryl methyl sites for hydroxylation is 1. The molecule has 0 saturated heterocycles. The van der Waals surface area contributed by atoms with Crippen LogP contribution in [0.3, 0.4) is 0 Å². The van der Waals surface area contributed by atoms with Gasteiger partial charge < -0.3 is 4.74 Å². The molecule has 0 atom stereocenters. The molecule has 0 aromatic heterocycles. The second kappa shape index (κ2) is 5.69. The molecular weight excluding hydrogens is 300 g/mol. The molecule has 0 radical (unpaired) electrons. The Bertz CT molecular complexity index is 756. The van der Waals surface area contributed by atoms with Gasteiger partial charge in [0.1, 0.15) is 28.0 Å². The van der Waals surface area contributed by atoms with E-state index >= 15 is 0 Å². The van der Waals surface area contributed by atoms with Crippen molar-refractivity contribution in [2.45, 2.75) is 11.8 Å². The highest BCUT2D eigenvalue weighted by molar-refractivity contribution is 7.92. The van der Waals surface area contributed by atoms with Crippen LogP contribution in [0.4, 0.5) is 14.5 Å². The Morgan fingerprint density at radius 2 is 1.71 bits per heavy atom. The molecule has 0 aliphatic carbocycles. The number of methoxy groups -OCH3 is 1. The lowest BCUT2D eigenvalue weighted by atomic mass is 10.2. The van der Waals surface area contributed by atoms with Crippen molar-refractivity contribution >= 4 is 15.7 Å². The largest absolute Gasteiger partial charge is 0.495 e. The minimum absolute atomic E-state index is 0.0878. The number of anilines is 1. The highest BCUT2D eigenvalue weighted by atomic mass is 32.2. The van der Waals surface area contributed by atoms with E-state index in [0.29, 0.717) is 5.56 Å². The van der Waals surface area contributed by atoms with Gasteiger partial charge in [0.2, 0.25) is 0 Å². The van der Waals surface area contributed by atoms with Crippen LogP contribution in [-0.2, 0) is 10.0 Å². The zero-order chi connectivity index (χ0) is 15.6. The quantitative estimate of drug-likeness (QED) is 0.944. The molecule has 0 unspecified atom stereocenters. The van der Waals surface area contributed by atoms with Crippen molar-refractivity contribution in [1.82, 2.24) is 0 Å². The summed E-state index contributed by atoms with van der Waals surface area (Å²) in [6.45, 7) is 1.70. The van der Waals surface area contributed by atoms with Gasteiger partial charge >= 0.3 is 0 Å². The van der Waals surface area contributed by atoms with Crippen molar-refractivity contribution in [2.24, 2.45) is 0 Å². The Kier molecular flexibility index (Phi) is 4.13. The summed E-state index contributed by atoms with van der Waals surface area (Å²) >= 11 is 0. The van der Waals surface area contributed by atoms with Crippen molar-refractivity contribution in [2.75, 3.05) is 11.8 Å². The molecule has 0 heterocycles. The van der Waals surface area contributed by atoms with E-state index in [-0.39, 0.29) is 10.6 Å². The lowest BCUT2D eigenvalue weighted by Crippen LogP contribution is -2.16. The fourth-order valence-corrected chi connectivity index (χ4v) is 3.11. The van der Waals surface area contributed by atoms with E-state index in [2.05, 4.69) is 0 Å². The second-order valence-corrected chi connectivity index (χ2v) is 6.01. The number of sulfonamides is 1. The summed E-state index contributed by atoms with van der Waals surface area (Å²) in [5, 5.41) is 0. The maximum absolute atomic E-state index is 13.6. The van der Waals surface area contributed by atoms with Gasteiger partial charge in [-0.1, -0.05) is 12.1 Å². The van der Waals surface area contributed by atoms with Gasteiger partial charge in [-0.25, -0.2) is 17.2 Å². The predicted octanol–water partition coefficient (Wildman–Crippen LogP) is 3.08. The van der Waals surface area contributed by atoms with Crippen molar-refractivity contribution in [3.63, 3.8) is 0 Å². The smallest absolute Gasteiger partial charge is 0.265 e. The van der Waals surface area contributed by atoms with Crippen LogP contribution in [0.15, 0.2) is 41.3 Å². The zero-order valence-electron chi connectivity index (χ0n) is 11.4. The third kappa shape index (κ3) is 3.13. The Morgan fingerprint density at radius 3 is 2.29 bits per heavy atom. The number of ether oxygens (including phenoxy) is 1.